The molecule has 19 heavy (non-hydrogen) atoms. The average Bonchev–Trinajstić information content (AvgIpc) is 2.92. The fourth-order valence-electron chi connectivity index (χ4n) is 2.52. The van der Waals surface area contributed by atoms with Crippen molar-refractivity contribution in [2.45, 2.75) is 45.1 Å². The molecule has 1 unspecified atom stereocenters. The molecule has 0 bridgehead atoms. The van der Waals surface area contributed by atoms with E-state index in [4.69, 9.17) is 10.5 Å². The maximum atomic E-state index is 9.92. The third kappa shape index (κ3) is 1.95. The first-order valence-electron chi connectivity index (χ1n) is 6.40. The Kier molecular flexibility index (Phi) is 2.87. The molecule has 3 atom stereocenters. The molecule has 2 aromatic rings. The third-order valence-electron chi connectivity index (χ3n) is 3.48. The number of ether oxygens (including phenoxy) is 1. The van der Waals surface area contributed by atoms with Crippen LogP contribution in [0.25, 0.3) is 11.2 Å². The van der Waals surface area contributed by atoms with Gasteiger partial charge in [0.25, 0.3) is 0 Å². The Labute approximate surface area is 110 Å². The van der Waals surface area contributed by atoms with E-state index < -0.39 is 6.10 Å². The number of fused-ring (bicyclic) bond motifs is 1. The summed E-state index contributed by atoms with van der Waals surface area (Å²) in [5.74, 6) is 0.962. The van der Waals surface area contributed by atoms with Gasteiger partial charge in [0, 0.05) is 6.42 Å². The predicted octanol–water partition coefficient (Wildman–Crippen LogP) is 0.775. The van der Waals surface area contributed by atoms with E-state index in [2.05, 4.69) is 15.0 Å². The fraction of sp³-hybridized carbons (Fsp3) is 0.583. The van der Waals surface area contributed by atoms with Crippen LogP contribution in [-0.2, 0) is 4.74 Å². The van der Waals surface area contributed by atoms with Crippen LogP contribution >= 0.6 is 0 Å². The van der Waals surface area contributed by atoms with Gasteiger partial charge in [-0.1, -0.05) is 6.92 Å². The van der Waals surface area contributed by atoms with Crippen LogP contribution in [0.3, 0.4) is 0 Å². The molecule has 1 saturated heterocycles. The van der Waals surface area contributed by atoms with Gasteiger partial charge in [0.15, 0.2) is 11.5 Å². The number of aliphatic hydroxyl groups excluding tert-OH is 1. The fourth-order valence-corrected chi connectivity index (χ4v) is 2.52. The quantitative estimate of drug-likeness (QED) is 0.830. The van der Waals surface area contributed by atoms with Crippen molar-refractivity contribution in [2.75, 3.05) is 5.73 Å². The molecule has 0 saturated carbocycles. The summed E-state index contributed by atoms with van der Waals surface area (Å²) in [6, 6.07) is 0. The van der Waals surface area contributed by atoms with E-state index in [9.17, 15) is 5.11 Å². The van der Waals surface area contributed by atoms with Gasteiger partial charge >= 0.3 is 0 Å². The number of rotatable bonds is 2. The molecule has 1 aliphatic rings. The van der Waals surface area contributed by atoms with Crippen molar-refractivity contribution < 1.29 is 9.84 Å². The average molecular weight is 263 g/mol. The second-order valence-corrected chi connectivity index (χ2v) is 4.82. The van der Waals surface area contributed by atoms with Crippen LogP contribution in [0.5, 0.6) is 0 Å². The van der Waals surface area contributed by atoms with E-state index in [0.29, 0.717) is 29.2 Å². The third-order valence-corrected chi connectivity index (χ3v) is 3.48. The molecule has 102 valence electrons. The van der Waals surface area contributed by atoms with E-state index in [-0.39, 0.29) is 12.3 Å². The maximum Gasteiger partial charge on any atom is 0.167 e. The van der Waals surface area contributed by atoms with Crippen LogP contribution in [0, 0.1) is 6.92 Å². The van der Waals surface area contributed by atoms with Gasteiger partial charge in [-0.15, -0.1) is 0 Å². The smallest absolute Gasteiger partial charge is 0.167 e. The Balaban J connectivity index is 2.02. The molecule has 3 N–H and O–H groups in total. The number of nitrogens with zero attached hydrogens (tertiary/aromatic N) is 4. The first-order valence-corrected chi connectivity index (χ1v) is 6.40. The first kappa shape index (κ1) is 12.3. The molecule has 2 aromatic heterocycles. The van der Waals surface area contributed by atoms with Gasteiger partial charge in [-0.2, -0.15) is 0 Å². The normalized spacial score (nSPS) is 27.2. The number of nitrogen functional groups attached to an aromatic ring is 1. The summed E-state index contributed by atoms with van der Waals surface area (Å²) in [4.78, 5) is 12.7. The lowest BCUT2D eigenvalue weighted by atomic mass is 10.1. The summed E-state index contributed by atoms with van der Waals surface area (Å²) >= 11 is 0. The second-order valence-electron chi connectivity index (χ2n) is 4.82. The molecule has 1 fully saturated rings. The van der Waals surface area contributed by atoms with Crippen molar-refractivity contribution in [3.05, 3.63) is 12.2 Å². The molecular formula is C12H17N5O2. The van der Waals surface area contributed by atoms with Crippen molar-refractivity contribution >= 4 is 17.0 Å². The first-order chi connectivity index (χ1) is 9.10. The van der Waals surface area contributed by atoms with E-state index in [1.807, 2.05) is 11.5 Å². The van der Waals surface area contributed by atoms with Crippen LogP contribution in [0.2, 0.25) is 0 Å². The highest BCUT2D eigenvalue weighted by Gasteiger charge is 2.34. The largest absolute Gasteiger partial charge is 0.390 e. The van der Waals surface area contributed by atoms with Crippen molar-refractivity contribution in [3.8, 4) is 0 Å². The SMILES string of the molecule is CC[C@H]1O[C@@H](n2cnc3c(N)nc(C)nc32)CC1O. The Morgan fingerprint density at radius 2 is 2.32 bits per heavy atom. The van der Waals surface area contributed by atoms with Crippen LogP contribution < -0.4 is 5.73 Å². The van der Waals surface area contributed by atoms with Crippen LogP contribution in [-0.4, -0.2) is 36.8 Å². The number of hydrogen-bond donors (Lipinski definition) is 2. The van der Waals surface area contributed by atoms with Gasteiger partial charge in [-0.3, -0.25) is 4.57 Å². The lowest BCUT2D eigenvalue weighted by Crippen LogP contribution is -2.19. The molecular weight excluding hydrogens is 246 g/mol. The second kappa shape index (κ2) is 4.43. The summed E-state index contributed by atoms with van der Waals surface area (Å²) in [6.45, 7) is 3.78. The van der Waals surface area contributed by atoms with Gasteiger partial charge in [-0.25, -0.2) is 15.0 Å². The lowest BCUT2D eigenvalue weighted by molar-refractivity contribution is -0.0183. The van der Waals surface area contributed by atoms with Crippen LogP contribution in [0.4, 0.5) is 5.82 Å². The molecule has 7 nitrogen and oxygen atoms in total. The van der Waals surface area contributed by atoms with Crippen molar-refractivity contribution in [3.63, 3.8) is 0 Å². The number of anilines is 1. The molecule has 7 heteroatoms. The van der Waals surface area contributed by atoms with Gasteiger partial charge in [0.1, 0.15) is 17.6 Å². The highest BCUT2D eigenvalue weighted by molar-refractivity contribution is 5.81. The van der Waals surface area contributed by atoms with Gasteiger partial charge in [0.05, 0.1) is 18.5 Å². The van der Waals surface area contributed by atoms with E-state index in [1.54, 1.807) is 13.3 Å². The predicted molar refractivity (Wildman–Crippen MR) is 69.3 cm³/mol. The highest BCUT2D eigenvalue weighted by Crippen LogP contribution is 2.32. The van der Waals surface area contributed by atoms with Gasteiger partial charge in [0.2, 0.25) is 0 Å². The zero-order valence-electron chi connectivity index (χ0n) is 10.9. The summed E-state index contributed by atoms with van der Waals surface area (Å²) < 4.78 is 7.65. The molecule has 0 spiro atoms. The van der Waals surface area contributed by atoms with Crippen molar-refractivity contribution in [1.29, 1.82) is 0 Å². The van der Waals surface area contributed by atoms with E-state index in [1.165, 1.54) is 0 Å². The van der Waals surface area contributed by atoms with Crippen LogP contribution in [0.15, 0.2) is 6.33 Å². The number of hydrogen-bond acceptors (Lipinski definition) is 6. The Bertz CT molecular complexity index is 611. The number of aromatic nitrogens is 4. The molecule has 0 radical (unpaired) electrons. The Hall–Kier alpha value is -1.73. The summed E-state index contributed by atoms with van der Waals surface area (Å²) in [5, 5.41) is 9.92. The van der Waals surface area contributed by atoms with Gasteiger partial charge < -0.3 is 15.6 Å². The molecule has 0 aliphatic carbocycles. The van der Waals surface area contributed by atoms with E-state index in [0.717, 1.165) is 6.42 Å². The monoisotopic (exact) mass is 263 g/mol. The van der Waals surface area contributed by atoms with Crippen molar-refractivity contribution in [1.82, 2.24) is 19.5 Å². The molecule has 3 heterocycles. The minimum absolute atomic E-state index is 0.136. The molecule has 3 rings (SSSR count). The summed E-state index contributed by atoms with van der Waals surface area (Å²) in [5.41, 5.74) is 7.06. The Morgan fingerprint density at radius 1 is 1.53 bits per heavy atom. The minimum atomic E-state index is -0.451. The van der Waals surface area contributed by atoms with Crippen molar-refractivity contribution in [2.24, 2.45) is 0 Å². The number of aliphatic hydroxyl groups is 1. The number of nitrogens with two attached hydrogens (primary N) is 1. The zero-order valence-corrected chi connectivity index (χ0v) is 10.9. The minimum Gasteiger partial charge on any atom is -0.390 e. The number of aryl methyl sites for hydroxylation is 1. The van der Waals surface area contributed by atoms with Gasteiger partial charge in [-0.05, 0) is 13.3 Å². The maximum absolute atomic E-state index is 9.92. The zero-order chi connectivity index (χ0) is 13.6. The summed E-state index contributed by atoms with van der Waals surface area (Å²) in [7, 11) is 0. The Morgan fingerprint density at radius 3 is 3.00 bits per heavy atom. The van der Waals surface area contributed by atoms with E-state index >= 15 is 0 Å². The topological polar surface area (TPSA) is 99.1 Å². The molecule has 0 aromatic carbocycles. The number of imidazole rings is 1. The highest BCUT2D eigenvalue weighted by atomic mass is 16.5. The van der Waals surface area contributed by atoms with Crippen LogP contribution in [0.1, 0.15) is 31.8 Å². The summed E-state index contributed by atoms with van der Waals surface area (Å²) in [6.07, 6.45) is 2.12. The lowest BCUT2D eigenvalue weighted by Gasteiger charge is -2.14. The molecule has 1 aliphatic heterocycles. The molecule has 0 amide bonds. The standard InChI is InChI=1S/C12H17N5O2/c1-3-8-7(18)4-9(19-8)17-5-14-10-11(13)15-6(2)16-12(10)17/h5,7-9,18H,3-4H2,1-2H3,(H2,13,15,16)/t7?,8-,9-/m1/s1.